The highest BCUT2D eigenvalue weighted by molar-refractivity contribution is 5.75. The molecule has 0 atom stereocenters. The van der Waals surface area contributed by atoms with Gasteiger partial charge in [-0.25, -0.2) is 4.79 Å². The first kappa shape index (κ1) is 11.9. The summed E-state index contributed by atoms with van der Waals surface area (Å²) in [6.07, 6.45) is 5.53. The third-order valence-corrected chi connectivity index (χ3v) is 2.76. The van der Waals surface area contributed by atoms with Gasteiger partial charge in [0.15, 0.2) is 0 Å². The Balaban J connectivity index is 1.90. The second-order valence-electron chi connectivity index (χ2n) is 4.19. The van der Waals surface area contributed by atoms with Gasteiger partial charge < -0.3 is 10.1 Å². The van der Waals surface area contributed by atoms with Crippen molar-refractivity contribution in [1.29, 1.82) is 0 Å². The highest BCUT2D eigenvalue weighted by atomic mass is 16.5. The maximum Gasteiger partial charge on any atom is 0.328 e. The molecule has 0 spiro atoms. The number of carbonyl (C=O) groups is 1. The van der Waals surface area contributed by atoms with Gasteiger partial charge in [0.2, 0.25) is 5.91 Å². The fourth-order valence-electron chi connectivity index (χ4n) is 1.68. The molecule has 2 rings (SSSR count). The maximum atomic E-state index is 11.8. The molecule has 1 aliphatic rings. The lowest BCUT2D eigenvalue weighted by Crippen LogP contribution is -2.34. The molecule has 0 aliphatic heterocycles. The van der Waals surface area contributed by atoms with Gasteiger partial charge in [-0.2, -0.15) is 0 Å². The number of nitrogens with zero attached hydrogens (tertiary/aromatic N) is 2. The van der Waals surface area contributed by atoms with Crippen LogP contribution in [-0.4, -0.2) is 35.3 Å². The average molecular weight is 239 g/mol. The third kappa shape index (κ3) is 2.97. The first-order valence-corrected chi connectivity index (χ1v) is 5.75. The summed E-state index contributed by atoms with van der Waals surface area (Å²) in [5.74, 6) is -0.169. The Kier molecular flexibility index (Phi) is 3.63. The summed E-state index contributed by atoms with van der Waals surface area (Å²) >= 11 is 0. The van der Waals surface area contributed by atoms with Crippen LogP contribution in [-0.2, 0) is 16.1 Å². The second kappa shape index (κ2) is 5.18. The molecule has 1 aliphatic carbocycles. The number of nitrogens with one attached hydrogen (secondary N) is 1. The van der Waals surface area contributed by atoms with Crippen molar-refractivity contribution in [2.24, 2.45) is 0 Å². The van der Waals surface area contributed by atoms with Gasteiger partial charge in [-0.3, -0.25) is 13.9 Å². The van der Waals surface area contributed by atoms with E-state index in [0.29, 0.717) is 19.2 Å². The number of aromatic nitrogens is 2. The van der Waals surface area contributed by atoms with E-state index < -0.39 is 0 Å². The molecule has 1 N–H and O–H groups in total. The second-order valence-corrected chi connectivity index (χ2v) is 4.19. The van der Waals surface area contributed by atoms with Crippen LogP contribution >= 0.6 is 0 Å². The van der Waals surface area contributed by atoms with E-state index in [-0.39, 0.29) is 18.1 Å². The molecular weight excluding hydrogens is 222 g/mol. The van der Waals surface area contributed by atoms with E-state index >= 15 is 0 Å². The number of ether oxygens (including phenoxy) is 1. The molecule has 0 aromatic carbocycles. The molecule has 0 unspecified atom stereocenters. The molecule has 1 heterocycles. The number of imidazole rings is 1. The summed E-state index contributed by atoms with van der Waals surface area (Å²) in [7, 11) is 1.58. The van der Waals surface area contributed by atoms with E-state index in [1.807, 2.05) is 0 Å². The molecule has 0 bridgehead atoms. The lowest BCUT2D eigenvalue weighted by molar-refractivity contribution is -0.121. The number of methoxy groups -OCH3 is 1. The summed E-state index contributed by atoms with van der Waals surface area (Å²) in [4.78, 5) is 23.3. The molecule has 6 nitrogen and oxygen atoms in total. The normalized spacial score (nSPS) is 14.9. The highest BCUT2D eigenvalue weighted by Crippen LogP contribution is 2.33. The minimum atomic E-state index is -0.169. The zero-order chi connectivity index (χ0) is 12.3. The molecule has 1 amide bonds. The molecule has 94 valence electrons. The van der Waals surface area contributed by atoms with E-state index in [9.17, 15) is 9.59 Å². The number of hydrogen-bond donors (Lipinski definition) is 1. The minimum absolute atomic E-state index is 0.0717. The van der Waals surface area contributed by atoms with Crippen LogP contribution in [0.1, 0.15) is 18.9 Å². The number of carbonyl (C=O) groups excluding carboxylic acids is 1. The molecular formula is C11H17N3O3. The third-order valence-electron chi connectivity index (χ3n) is 2.76. The van der Waals surface area contributed by atoms with Crippen molar-refractivity contribution in [3.8, 4) is 0 Å². The number of amides is 1. The maximum absolute atomic E-state index is 11.8. The summed E-state index contributed by atoms with van der Waals surface area (Å²) in [5, 5.41) is 2.68. The van der Waals surface area contributed by atoms with Gasteiger partial charge in [0.1, 0.15) is 6.54 Å². The fraction of sp³-hybridized carbons (Fsp3) is 0.636. The fourth-order valence-corrected chi connectivity index (χ4v) is 1.68. The van der Waals surface area contributed by atoms with Gasteiger partial charge in [-0.15, -0.1) is 0 Å². The number of hydrogen-bond acceptors (Lipinski definition) is 3. The van der Waals surface area contributed by atoms with Crippen molar-refractivity contribution >= 4 is 5.91 Å². The Bertz CT molecular complexity index is 445. The van der Waals surface area contributed by atoms with Crippen LogP contribution in [0.4, 0.5) is 0 Å². The Hall–Kier alpha value is -1.56. The highest BCUT2D eigenvalue weighted by Gasteiger charge is 2.25. The predicted octanol–water partition coefficient (Wildman–Crippen LogP) is -0.253. The van der Waals surface area contributed by atoms with Crippen LogP contribution in [0.2, 0.25) is 0 Å². The SMILES string of the molecule is COCCNC(=O)Cn1ccn(C2CC2)c1=O. The van der Waals surface area contributed by atoms with E-state index in [4.69, 9.17) is 4.74 Å². The van der Waals surface area contributed by atoms with Gasteiger partial charge in [0.25, 0.3) is 0 Å². The molecule has 0 radical (unpaired) electrons. The summed E-state index contributed by atoms with van der Waals surface area (Å²) in [6.45, 7) is 1.01. The minimum Gasteiger partial charge on any atom is -0.383 e. The monoisotopic (exact) mass is 239 g/mol. The quantitative estimate of drug-likeness (QED) is 0.696. The van der Waals surface area contributed by atoms with Crippen molar-refractivity contribution in [2.45, 2.75) is 25.4 Å². The zero-order valence-electron chi connectivity index (χ0n) is 9.89. The summed E-state index contributed by atoms with van der Waals surface area (Å²) < 4.78 is 7.95. The van der Waals surface area contributed by atoms with Gasteiger partial charge in [0.05, 0.1) is 6.61 Å². The molecule has 0 saturated heterocycles. The van der Waals surface area contributed by atoms with Crippen molar-refractivity contribution in [3.63, 3.8) is 0 Å². The molecule has 1 aromatic rings. The van der Waals surface area contributed by atoms with Crippen molar-refractivity contribution in [1.82, 2.24) is 14.5 Å². The van der Waals surface area contributed by atoms with Crippen LogP contribution in [0.5, 0.6) is 0 Å². The van der Waals surface area contributed by atoms with Crippen LogP contribution < -0.4 is 11.0 Å². The average Bonchev–Trinajstić information content (AvgIpc) is 3.07. The van der Waals surface area contributed by atoms with Crippen molar-refractivity contribution < 1.29 is 9.53 Å². The largest absolute Gasteiger partial charge is 0.383 e. The first-order chi connectivity index (χ1) is 8.22. The molecule has 17 heavy (non-hydrogen) atoms. The van der Waals surface area contributed by atoms with Crippen molar-refractivity contribution in [2.75, 3.05) is 20.3 Å². The van der Waals surface area contributed by atoms with Crippen LogP contribution in [0.3, 0.4) is 0 Å². The predicted molar refractivity (Wildman–Crippen MR) is 61.8 cm³/mol. The van der Waals surface area contributed by atoms with E-state index in [1.165, 1.54) is 4.57 Å². The molecule has 1 fully saturated rings. The van der Waals surface area contributed by atoms with E-state index in [2.05, 4.69) is 5.32 Å². The Morgan fingerprint density at radius 3 is 2.94 bits per heavy atom. The standard InChI is InChI=1S/C11H17N3O3/c1-17-7-4-12-10(15)8-13-5-6-14(11(13)16)9-2-3-9/h5-6,9H,2-4,7-8H2,1H3,(H,12,15). The van der Waals surface area contributed by atoms with Crippen LogP contribution in [0.25, 0.3) is 0 Å². The topological polar surface area (TPSA) is 65.3 Å². The number of rotatable bonds is 6. The molecule has 1 aromatic heterocycles. The van der Waals surface area contributed by atoms with Gasteiger partial charge >= 0.3 is 5.69 Å². The van der Waals surface area contributed by atoms with Crippen LogP contribution in [0, 0.1) is 0 Å². The molecule has 1 saturated carbocycles. The zero-order valence-corrected chi connectivity index (χ0v) is 9.89. The lowest BCUT2D eigenvalue weighted by Gasteiger charge is -2.04. The Morgan fingerprint density at radius 2 is 2.29 bits per heavy atom. The van der Waals surface area contributed by atoms with Gasteiger partial charge in [0, 0.05) is 32.1 Å². The molecule has 6 heteroatoms. The van der Waals surface area contributed by atoms with E-state index in [0.717, 1.165) is 12.8 Å². The van der Waals surface area contributed by atoms with Crippen LogP contribution in [0.15, 0.2) is 17.2 Å². The summed E-state index contributed by atoms with van der Waals surface area (Å²) in [5.41, 5.74) is -0.102. The van der Waals surface area contributed by atoms with Crippen molar-refractivity contribution in [3.05, 3.63) is 22.9 Å². The Morgan fingerprint density at radius 1 is 1.53 bits per heavy atom. The van der Waals surface area contributed by atoms with Gasteiger partial charge in [-0.1, -0.05) is 0 Å². The summed E-state index contributed by atoms with van der Waals surface area (Å²) in [6, 6.07) is 0.348. The van der Waals surface area contributed by atoms with Gasteiger partial charge in [-0.05, 0) is 12.8 Å². The smallest absolute Gasteiger partial charge is 0.328 e. The lowest BCUT2D eigenvalue weighted by atomic mass is 10.5. The Labute approximate surface area is 99.2 Å². The van der Waals surface area contributed by atoms with E-state index in [1.54, 1.807) is 24.1 Å². The first-order valence-electron chi connectivity index (χ1n) is 5.75.